The maximum Gasteiger partial charge on any atom is 0.369 e. The van der Waals surface area contributed by atoms with Gasteiger partial charge in [0.15, 0.2) is 23.7 Å². The molecule has 1 aliphatic carbocycles. The second kappa shape index (κ2) is 5.72. The Labute approximate surface area is 120 Å². The second-order valence-corrected chi connectivity index (χ2v) is 4.28. The zero-order valence-electron chi connectivity index (χ0n) is 11.0. The van der Waals surface area contributed by atoms with Gasteiger partial charge in [0.1, 0.15) is 11.6 Å². The van der Waals surface area contributed by atoms with Gasteiger partial charge in [-0.2, -0.15) is 0 Å². The molecule has 2 atom stereocenters. The van der Waals surface area contributed by atoms with Crippen LogP contribution in [0.2, 0.25) is 0 Å². The van der Waals surface area contributed by atoms with Gasteiger partial charge in [-0.1, -0.05) is 0 Å². The van der Waals surface area contributed by atoms with Crippen LogP contribution in [0.15, 0.2) is 35.2 Å². The Balaban J connectivity index is 2.39. The third kappa shape index (κ3) is 2.41. The molecule has 0 fully saturated rings. The molecule has 1 aliphatic rings. The number of aromatic hydroxyl groups is 2. The Morgan fingerprint density at radius 1 is 1.23 bits per heavy atom. The molecule has 10 heteroatoms. The first-order chi connectivity index (χ1) is 10.3. The molecule has 1 aromatic rings. The lowest BCUT2D eigenvalue weighted by Crippen LogP contribution is -2.40. The Kier molecular flexibility index (Phi) is 4.13. The maximum atomic E-state index is 13.8. The molecule has 0 saturated heterocycles. The summed E-state index contributed by atoms with van der Waals surface area (Å²) in [4.78, 5) is 16.0. The van der Waals surface area contributed by atoms with Crippen LogP contribution >= 0.6 is 0 Å². The van der Waals surface area contributed by atoms with Crippen molar-refractivity contribution in [3.8, 4) is 11.8 Å². The van der Waals surface area contributed by atoms with E-state index in [1.54, 1.807) is 0 Å². The normalized spacial score (nSPS) is 22.2. The van der Waals surface area contributed by atoms with Gasteiger partial charge in [0.05, 0.1) is 0 Å². The van der Waals surface area contributed by atoms with E-state index in [-0.39, 0.29) is 4.73 Å². The van der Waals surface area contributed by atoms with Crippen molar-refractivity contribution in [3.63, 3.8) is 0 Å². The van der Waals surface area contributed by atoms with Gasteiger partial charge in [-0.05, 0) is 7.05 Å². The minimum atomic E-state index is -2.64. The average Bonchev–Trinajstić information content (AvgIpc) is 2.78. The Hall–Kier alpha value is -2.49. The predicted octanol–water partition coefficient (Wildman–Crippen LogP) is 1.17. The largest absolute Gasteiger partial charge is 0.492 e. The molecule has 0 aromatic carbocycles. The smallest absolute Gasteiger partial charge is 0.369 e. The first-order valence-corrected chi connectivity index (χ1v) is 5.88. The number of nitrogens with zero attached hydrogens (tertiary/aromatic N) is 1. The lowest BCUT2D eigenvalue weighted by atomic mass is 9.97. The topological polar surface area (TPSA) is 83.7 Å². The highest BCUT2D eigenvalue weighted by Gasteiger charge is 2.42. The van der Waals surface area contributed by atoms with E-state index >= 15 is 0 Å². The molecular formula is C12H10F4N2O4. The minimum absolute atomic E-state index is 0.130. The standard InChI is InChI=1S/C12H10F4N2O4/c1-17-11-9(15)7(13)6(8(14)10(11)16)12(21)22-18-4(19)2-3-5(18)20/h2-3,9,11,17,19-20H,1H3. The number of halogens is 4. The summed E-state index contributed by atoms with van der Waals surface area (Å²) in [6, 6.07) is -0.0867. The van der Waals surface area contributed by atoms with Crippen LogP contribution < -0.4 is 10.2 Å². The molecule has 2 unspecified atom stereocenters. The van der Waals surface area contributed by atoms with Crippen LogP contribution in [0.25, 0.3) is 0 Å². The number of hydrogen-bond donors (Lipinski definition) is 3. The number of aromatic nitrogens is 1. The zero-order valence-corrected chi connectivity index (χ0v) is 11.0. The van der Waals surface area contributed by atoms with Crippen molar-refractivity contribution in [1.82, 2.24) is 10.0 Å². The SMILES string of the molecule is CNC1C(F)=C(F)C(C(=O)On2c(O)ccc2O)=C(F)C1F. The molecule has 2 rings (SSSR count). The maximum absolute atomic E-state index is 13.8. The number of rotatable bonds is 3. The summed E-state index contributed by atoms with van der Waals surface area (Å²) < 4.78 is 54.9. The highest BCUT2D eigenvalue weighted by Crippen LogP contribution is 2.35. The van der Waals surface area contributed by atoms with Gasteiger partial charge in [-0.15, -0.1) is 4.73 Å². The number of hydrogen-bond acceptors (Lipinski definition) is 5. The third-order valence-electron chi connectivity index (χ3n) is 2.96. The fraction of sp³-hybridized carbons (Fsp3) is 0.250. The lowest BCUT2D eigenvalue weighted by Gasteiger charge is -2.24. The van der Waals surface area contributed by atoms with Crippen LogP contribution in [0.1, 0.15) is 0 Å². The Bertz CT molecular complexity index is 663. The molecule has 0 amide bonds. The number of carbonyl (C=O) groups is 1. The van der Waals surface area contributed by atoms with Gasteiger partial charge >= 0.3 is 5.97 Å². The van der Waals surface area contributed by atoms with E-state index in [9.17, 15) is 32.6 Å². The molecule has 1 heterocycles. The van der Waals surface area contributed by atoms with Crippen molar-refractivity contribution in [2.75, 3.05) is 7.05 Å². The Morgan fingerprint density at radius 2 is 1.77 bits per heavy atom. The van der Waals surface area contributed by atoms with Crippen LogP contribution in [-0.4, -0.2) is 40.2 Å². The molecule has 0 saturated carbocycles. The summed E-state index contributed by atoms with van der Waals surface area (Å²) in [7, 11) is 1.08. The van der Waals surface area contributed by atoms with Gasteiger partial charge in [-0.25, -0.2) is 22.4 Å². The summed E-state index contributed by atoms with van der Waals surface area (Å²) in [5, 5.41) is 20.5. The number of alkyl halides is 1. The van der Waals surface area contributed by atoms with Gasteiger partial charge in [-0.3, -0.25) is 0 Å². The molecule has 0 bridgehead atoms. The highest BCUT2D eigenvalue weighted by molar-refractivity contribution is 5.94. The molecule has 0 aliphatic heterocycles. The average molecular weight is 322 g/mol. The van der Waals surface area contributed by atoms with E-state index in [4.69, 9.17) is 0 Å². The number of nitrogens with one attached hydrogen (secondary N) is 1. The van der Waals surface area contributed by atoms with E-state index < -0.39 is 53.0 Å². The van der Waals surface area contributed by atoms with Crippen LogP contribution in [0.4, 0.5) is 17.6 Å². The quantitative estimate of drug-likeness (QED) is 0.728. The van der Waals surface area contributed by atoms with E-state index in [0.29, 0.717) is 0 Å². The Morgan fingerprint density at radius 3 is 2.27 bits per heavy atom. The second-order valence-electron chi connectivity index (χ2n) is 4.28. The van der Waals surface area contributed by atoms with Crippen molar-refractivity contribution in [1.29, 1.82) is 0 Å². The van der Waals surface area contributed by atoms with Crippen molar-refractivity contribution in [2.24, 2.45) is 0 Å². The summed E-state index contributed by atoms with van der Waals surface area (Å²) in [6.45, 7) is 0. The first kappa shape index (κ1) is 15.9. The molecule has 1 aromatic heterocycles. The zero-order chi connectivity index (χ0) is 16.6. The fourth-order valence-corrected chi connectivity index (χ4v) is 1.86. The van der Waals surface area contributed by atoms with Crippen LogP contribution in [-0.2, 0) is 4.79 Å². The van der Waals surface area contributed by atoms with Crippen molar-refractivity contribution in [2.45, 2.75) is 12.2 Å². The van der Waals surface area contributed by atoms with Gasteiger partial charge in [0.2, 0.25) is 11.8 Å². The number of carbonyl (C=O) groups excluding carboxylic acids is 1. The monoisotopic (exact) mass is 322 g/mol. The predicted molar refractivity (Wildman–Crippen MR) is 64.5 cm³/mol. The van der Waals surface area contributed by atoms with Gasteiger partial charge in [0.25, 0.3) is 0 Å². The lowest BCUT2D eigenvalue weighted by molar-refractivity contribution is -0.141. The van der Waals surface area contributed by atoms with E-state index in [0.717, 1.165) is 19.2 Å². The van der Waals surface area contributed by atoms with E-state index in [1.807, 2.05) is 5.32 Å². The number of likely N-dealkylation sites (N-methyl/N-ethyl adjacent to an activating group) is 1. The van der Waals surface area contributed by atoms with Crippen LogP contribution in [0.5, 0.6) is 11.8 Å². The van der Waals surface area contributed by atoms with E-state index in [1.165, 1.54) is 0 Å². The molecule has 0 spiro atoms. The van der Waals surface area contributed by atoms with Crippen molar-refractivity contribution >= 4 is 5.97 Å². The molecule has 6 nitrogen and oxygen atoms in total. The highest BCUT2D eigenvalue weighted by atomic mass is 19.2. The van der Waals surface area contributed by atoms with Gasteiger partial charge in [0, 0.05) is 12.1 Å². The van der Waals surface area contributed by atoms with Crippen molar-refractivity contribution in [3.05, 3.63) is 35.2 Å². The van der Waals surface area contributed by atoms with Crippen LogP contribution in [0.3, 0.4) is 0 Å². The first-order valence-electron chi connectivity index (χ1n) is 5.88. The van der Waals surface area contributed by atoms with E-state index in [2.05, 4.69) is 4.84 Å². The minimum Gasteiger partial charge on any atom is -0.492 e. The fourth-order valence-electron chi connectivity index (χ4n) is 1.86. The van der Waals surface area contributed by atoms with Crippen LogP contribution in [0, 0.1) is 0 Å². The van der Waals surface area contributed by atoms with Gasteiger partial charge < -0.3 is 20.4 Å². The molecule has 120 valence electrons. The molecule has 0 radical (unpaired) electrons. The molecule has 22 heavy (non-hydrogen) atoms. The molecular weight excluding hydrogens is 312 g/mol. The summed E-state index contributed by atoms with van der Waals surface area (Å²) in [6.07, 6.45) is -2.64. The van der Waals surface area contributed by atoms with Crippen molar-refractivity contribution < 1.29 is 37.4 Å². The summed E-state index contributed by atoms with van der Waals surface area (Å²) in [5.41, 5.74) is -1.59. The molecule has 3 N–H and O–H groups in total. The summed E-state index contributed by atoms with van der Waals surface area (Å²) in [5.74, 6) is -8.86. The third-order valence-corrected chi connectivity index (χ3v) is 2.96. The summed E-state index contributed by atoms with van der Waals surface area (Å²) >= 11 is 0.